The van der Waals surface area contributed by atoms with E-state index in [0.29, 0.717) is 17.1 Å². The number of amides is 1. The van der Waals surface area contributed by atoms with Crippen LogP contribution in [-0.4, -0.2) is 21.7 Å². The summed E-state index contributed by atoms with van der Waals surface area (Å²) >= 11 is 1.51. The first-order chi connectivity index (χ1) is 15.1. The van der Waals surface area contributed by atoms with Crippen LogP contribution in [0.2, 0.25) is 0 Å². The van der Waals surface area contributed by atoms with Gasteiger partial charge in [-0.05, 0) is 60.0 Å². The third kappa shape index (κ3) is 3.91. The summed E-state index contributed by atoms with van der Waals surface area (Å²) in [5.74, 6) is -0.362. The van der Waals surface area contributed by atoms with Crippen LogP contribution in [0.25, 0.3) is 5.76 Å². The lowest BCUT2D eigenvalue weighted by Gasteiger charge is -2.24. The largest absolute Gasteiger partial charge is 0.507 e. The molecular weight excluding hydrogens is 422 g/mol. The highest BCUT2D eigenvalue weighted by Gasteiger charge is 2.47. The van der Waals surface area contributed by atoms with Crippen molar-refractivity contribution in [1.82, 2.24) is 4.90 Å². The van der Waals surface area contributed by atoms with Gasteiger partial charge in [-0.15, -0.1) is 11.3 Å². The van der Waals surface area contributed by atoms with Crippen molar-refractivity contribution < 1.29 is 19.1 Å². The maximum atomic E-state index is 13.2. The number of hydrogen-bond donors (Lipinski definition) is 1. The Labute approximate surface area is 192 Å². The fraction of sp³-hybridized carbons (Fsp3) is 0.308. The molecule has 1 aliphatic rings. The number of hydrogen-bond acceptors (Lipinski definition) is 5. The van der Waals surface area contributed by atoms with Crippen LogP contribution in [0, 0.1) is 13.8 Å². The SMILES string of the molecule is Cc1ccc(C2/C(=C(\O)c3cc(C(C)(C)C)ccc3C)C(=O)C(=O)N2Cc2cccs2)o1. The number of likely N-dealkylation sites (tertiary alicyclic amines) is 1. The zero-order valence-electron chi connectivity index (χ0n) is 18.9. The normalized spacial score (nSPS) is 18.5. The van der Waals surface area contributed by atoms with Gasteiger partial charge in [0.25, 0.3) is 11.7 Å². The van der Waals surface area contributed by atoms with Crippen molar-refractivity contribution in [2.24, 2.45) is 0 Å². The minimum Gasteiger partial charge on any atom is -0.507 e. The van der Waals surface area contributed by atoms with E-state index in [0.717, 1.165) is 16.0 Å². The minimum atomic E-state index is -0.788. The van der Waals surface area contributed by atoms with Crippen molar-refractivity contribution in [1.29, 1.82) is 0 Å². The number of nitrogens with zero attached hydrogens (tertiary/aromatic N) is 1. The highest BCUT2D eigenvalue weighted by Crippen LogP contribution is 2.42. The predicted molar refractivity (Wildman–Crippen MR) is 125 cm³/mol. The van der Waals surface area contributed by atoms with Crippen LogP contribution >= 0.6 is 11.3 Å². The van der Waals surface area contributed by atoms with Crippen LogP contribution in [0.1, 0.15) is 59.9 Å². The second-order valence-corrected chi connectivity index (χ2v) is 10.3. The maximum absolute atomic E-state index is 13.2. The van der Waals surface area contributed by atoms with Gasteiger partial charge >= 0.3 is 0 Å². The summed E-state index contributed by atoms with van der Waals surface area (Å²) in [6.45, 7) is 10.2. The molecule has 3 heterocycles. The molecule has 0 radical (unpaired) electrons. The molecule has 1 atom stereocenters. The number of thiophene rings is 1. The Balaban J connectivity index is 1.90. The average Bonchev–Trinajstić information content (AvgIpc) is 3.44. The molecule has 32 heavy (non-hydrogen) atoms. The molecule has 1 unspecified atom stereocenters. The lowest BCUT2D eigenvalue weighted by molar-refractivity contribution is -0.140. The van der Waals surface area contributed by atoms with Gasteiger partial charge in [-0.2, -0.15) is 0 Å². The van der Waals surface area contributed by atoms with E-state index in [1.54, 1.807) is 12.1 Å². The van der Waals surface area contributed by atoms with Gasteiger partial charge in [-0.1, -0.05) is 39.0 Å². The highest BCUT2D eigenvalue weighted by atomic mass is 32.1. The van der Waals surface area contributed by atoms with Crippen molar-refractivity contribution in [3.63, 3.8) is 0 Å². The number of benzene rings is 1. The van der Waals surface area contributed by atoms with Gasteiger partial charge in [-0.25, -0.2) is 0 Å². The number of carbonyl (C=O) groups excluding carboxylic acids is 2. The number of aliphatic hydroxyl groups is 1. The zero-order chi connectivity index (χ0) is 23.2. The van der Waals surface area contributed by atoms with E-state index >= 15 is 0 Å². The monoisotopic (exact) mass is 449 g/mol. The van der Waals surface area contributed by atoms with Gasteiger partial charge in [0.15, 0.2) is 0 Å². The van der Waals surface area contributed by atoms with Gasteiger partial charge in [0.05, 0.1) is 12.1 Å². The Morgan fingerprint density at radius 1 is 1.12 bits per heavy atom. The Morgan fingerprint density at radius 3 is 2.47 bits per heavy atom. The first kappa shape index (κ1) is 22.1. The molecule has 166 valence electrons. The van der Waals surface area contributed by atoms with E-state index in [-0.39, 0.29) is 23.3 Å². The Kier molecular flexibility index (Phi) is 5.59. The molecule has 1 N–H and O–H groups in total. The molecular formula is C26H27NO4S. The van der Waals surface area contributed by atoms with Gasteiger partial charge in [0, 0.05) is 10.4 Å². The van der Waals surface area contributed by atoms with E-state index < -0.39 is 17.7 Å². The number of aliphatic hydroxyl groups excluding tert-OH is 1. The molecule has 0 bridgehead atoms. The van der Waals surface area contributed by atoms with Crippen LogP contribution in [0.5, 0.6) is 0 Å². The van der Waals surface area contributed by atoms with Crippen molar-refractivity contribution >= 4 is 28.8 Å². The van der Waals surface area contributed by atoms with E-state index in [1.807, 2.05) is 49.6 Å². The topological polar surface area (TPSA) is 70.8 Å². The molecule has 4 rings (SSSR count). The molecule has 0 spiro atoms. The van der Waals surface area contributed by atoms with Crippen LogP contribution in [0.3, 0.4) is 0 Å². The van der Waals surface area contributed by atoms with Crippen molar-refractivity contribution in [3.8, 4) is 0 Å². The second kappa shape index (κ2) is 8.10. The van der Waals surface area contributed by atoms with Crippen molar-refractivity contribution in [2.45, 2.75) is 52.6 Å². The summed E-state index contributed by atoms with van der Waals surface area (Å²) in [5.41, 5.74) is 2.35. The number of furan rings is 1. The summed E-state index contributed by atoms with van der Waals surface area (Å²) < 4.78 is 5.85. The Bertz CT molecular complexity index is 1210. The fourth-order valence-electron chi connectivity index (χ4n) is 4.00. The van der Waals surface area contributed by atoms with Gasteiger partial charge < -0.3 is 14.4 Å². The van der Waals surface area contributed by atoms with E-state index in [9.17, 15) is 14.7 Å². The number of rotatable bonds is 4. The first-order valence-electron chi connectivity index (χ1n) is 10.6. The number of aryl methyl sites for hydroxylation is 2. The Morgan fingerprint density at radius 2 is 1.88 bits per heavy atom. The quantitative estimate of drug-likeness (QED) is 0.307. The molecule has 1 aromatic carbocycles. The van der Waals surface area contributed by atoms with Gasteiger partial charge in [-0.3, -0.25) is 9.59 Å². The number of ketones is 1. The van der Waals surface area contributed by atoms with E-state index in [1.165, 1.54) is 16.2 Å². The summed E-state index contributed by atoms with van der Waals surface area (Å²) in [6.07, 6.45) is 0. The summed E-state index contributed by atoms with van der Waals surface area (Å²) in [7, 11) is 0. The average molecular weight is 450 g/mol. The second-order valence-electron chi connectivity index (χ2n) is 9.23. The van der Waals surface area contributed by atoms with Crippen LogP contribution < -0.4 is 0 Å². The lowest BCUT2D eigenvalue weighted by Crippen LogP contribution is -2.28. The highest BCUT2D eigenvalue weighted by molar-refractivity contribution is 7.09. The smallest absolute Gasteiger partial charge is 0.296 e. The first-order valence-corrected chi connectivity index (χ1v) is 11.4. The fourth-order valence-corrected chi connectivity index (χ4v) is 4.70. The number of carbonyl (C=O) groups is 2. The molecule has 2 aromatic heterocycles. The molecule has 0 saturated carbocycles. The van der Waals surface area contributed by atoms with Gasteiger partial charge in [0.2, 0.25) is 0 Å². The third-order valence-corrected chi connectivity index (χ3v) is 6.70. The van der Waals surface area contributed by atoms with Crippen LogP contribution in [0.4, 0.5) is 0 Å². The van der Waals surface area contributed by atoms with Crippen molar-refractivity contribution in [3.05, 3.63) is 86.5 Å². The molecule has 1 fully saturated rings. The maximum Gasteiger partial charge on any atom is 0.296 e. The predicted octanol–water partition coefficient (Wildman–Crippen LogP) is 5.88. The van der Waals surface area contributed by atoms with E-state index in [4.69, 9.17) is 4.42 Å². The minimum absolute atomic E-state index is 0.0649. The van der Waals surface area contributed by atoms with Crippen LogP contribution in [0.15, 0.2) is 57.8 Å². The Hall–Kier alpha value is -3.12. The third-order valence-electron chi connectivity index (χ3n) is 5.84. The molecule has 1 saturated heterocycles. The molecule has 6 heteroatoms. The lowest BCUT2D eigenvalue weighted by atomic mass is 9.84. The summed E-state index contributed by atoms with van der Waals surface area (Å²) in [4.78, 5) is 28.7. The van der Waals surface area contributed by atoms with E-state index in [2.05, 4.69) is 20.8 Å². The standard InChI is InChI=1S/C26H27NO4S/c1-15-8-10-17(26(3,4)5)13-19(15)23(28)21-22(20-11-9-16(2)31-20)27(25(30)24(21)29)14-18-7-6-12-32-18/h6-13,22,28H,14H2,1-5H3/b23-21+. The molecule has 3 aromatic rings. The molecule has 1 aliphatic heterocycles. The number of Topliss-reactive ketones (excluding diaryl/α,β-unsaturated/α-hetero) is 1. The van der Waals surface area contributed by atoms with Crippen molar-refractivity contribution in [2.75, 3.05) is 0 Å². The zero-order valence-corrected chi connectivity index (χ0v) is 19.7. The van der Waals surface area contributed by atoms with Crippen LogP contribution in [-0.2, 0) is 21.5 Å². The molecule has 0 aliphatic carbocycles. The molecule has 5 nitrogen and oxygen atoms in total. The van der Waals surface area contributed by atoms with Gasteiger partial charge in [0.1, 0.15) is 23.3 Å². The summed E-state index contributed by atoms with van der Waals surface area (Å²) in [6, 6.07) is 12.5. The summed E-state index contributed by atoms with van der Waals surface area (Å²) in [5, 5.41) is 13.3. The molecule has 1 amide bonds.